The van der Waals surface area contributed by atoms with Gasteiger partial charge in [-0.25, -0.2) is 0 Å². The van der Waals surface area contributed by atoms with Gasteiger partial charge in [0.15, 0.2) is 5.78 Å². The molecule has 0 aromatic heterocycles. The van der Waals surface area contributed by atoms with E-state index in [1.165, 1.54) is 6.92 Å². The average Bonchev–Trinajstić information content (AvgIpc) is 2.87. The molecule has 5 nitrogen and oxygen atoms in total. The average molecular weight is 364 g/mol. The molecular formula is C21H32O5. The zero-order valence-corrected chi connectivity index (χ0v) is 15.9. The third kappa shape index (κ3) is 2.09. The summed E-state index contributed by atoms with van der Waals surface area (Å²) in [7, 11) is 0. The van der Waals surface area contributed by atoms with Crippen molar-refractivity contribution < 1.29 is 25.2 Å². The Bertz CT molecular complexity index is 646. The van der Waals surface area contributed by atoms with E-state index in [-0.39, 0.29) is 34.9 Å². The zero-order valence-electron chi connectivity index (χ0n) is 15.9. The number of ketones is 1. The second kappa shape index (κ2) is 5.63. The van der Waals surface area contributed by atoms with E-state index in [1.807, 2.05) is 19.1 Å². The predicted octanol–water partition coefficient (Wildman–Crippen LogP) is 1.43. The SMILES string of the molecule is CC(=O)[C@@]1(O)CC[C@H]2[C@@H]3[C@@H](O)[C@H](O)C4C[C@H](O)C=C[C@]4(C)[C@H]3CC[C@@]21C. The second-order valence-corrected chi connectivity index (χ2v) is 9.82. The van der Waals surface area contributed by atoms with Crippen molar-refractivity contribution in [2.75, 3.05) is 0 Å². The Morgan fingerprint density at radius 3 is 2.31 bits per heavy atom. The largest absolute Gasteiger partial charge is 0.390 e. The lowest BCUT2D eigenvalue weighted by Crippen LogP contribution is -2.65. The number of hydrogen-bond acceptors (Lipinski definition) is 5. The van der Waals surface area contributed by atoms with Crippen LogP contribution in [0.25, 0.3) is 0 Å². The van der Waals surface area contributed by atoms with Crippen molar-refractivity contribution in [2.24, 2.45) is 34.5 Å². The number of hydrogen-bond donors (Lipinski definition) is 4. The van der Waals surface area contributed by atoms with Crippen molar-refractivity contribution >= 4 is 5.78 Å². The van der Waals surface area contributed by atoms with Crippen LogP contribution in [0.1, 0.15) is 52.9 Å². The Labute approximate surface area is 155 Å². The maximum absolute atomic E-state index is 12.3. The van der Waals surface area contributed by atoms with E-state index in [0.29, 0.717) is 19.3 Å². The number of carbonyl (C=O) groups excluding carboxylic acids is 1. The van der Waals surface area contributed by atoms with Gasteiger partial charge in [-0.1, -0.05) is 26.0 Å². The minimum Gasteiger partial charge on any atom is -0.390 e. The Hall–Kier alpha value is -0.750. The van der Waals surface area contributed by atoms with Gasteiger partial charge in [0, 0.05) is 5.41 Å². The molecule has 4 aliphatic carbocycles. The van der Waals surface area contributed by atoms with Crippen molar-refractivity contribution in [3.8, 4) is 0 Å². The van der Waals surface area contributed by atoms with Gasteiger partial charge in [0.1, 0.15) is 5.60 Å². The molecule has 146 valence electrons. The smallest absolute Gasteiger partial charge is 0.161 e. The third-order valence-electron chi connectivity index (χ3n) is 8.99. The van der Waals surface area contributed by atoms with E-state index in [1.54, 1.807) is 0 Å². The number of carbonyl (C=O) groups is 1. The maximum atomic E-state index is 12.3. The molecule has 0 spiro atoms. The highest BCUT2D eigenvalue weighted by Crippen LogP contribution is 2.67. The Kier molecular flexibility index (Phi) is 4.03. The Balaban J connectivity index is 1.77. The van der Waals surface area contributed by atoms with Gasteiger partial charge in [-0.2, -0.15) is 0 Å². The standard InChI is InChI=1S/C21H32O5/c1-11(22)21(26)9-6-14-16-13(5-8-20(14,21)3)19(2)7-4-12(23)10-15(19)17(24)18(16)25/h4,7,12-18,23-26H,5-6,8-10H2,1-3H3/t12-,13+,14+,15?,16-,17-,18-,19-,20+,21+/m1/s1. The normalized spacial score (nSPS) is 58.7. The van der Waals surface area contributed by atoms with Crippen LogP contribution >= 0.6 is 0 Å². The topological polar surface area (TPSA) is 98.0 Å². The highest BCUT2D eigenvalue weighted by atomic mass is 16.3. The van der Waals surface area contributed by atoms with Crippen LogP contribution in [0, 0.1) is 34.5 Å². The highest BCUT2D eigenvalue weighted by Gasteiger charge is 2.68. The minimum atomic E-state index is -1.33. The van der Waals surface area contributed by atoms with Crippen molar-refractivity contribution in [1.82, 2.24) is 0 Å². The van der Waals surface area contributed by atoms with Crippen LogP contribution in [-0.4, -0.2) is 50.1 Å². The van der Waals surface area contributed by atoms with E-state index in [0.717, 1.165) is 12.8 Å². The van der Waals surface area contributed by atoms with Gasteiger partial charge in [0.05, 0.1) is 18.3 Å². The quantitative estimate of drug-likeness (QED) is 0.528. The van der Waals surface area contributed by atoms with Crippen LogP contribution < -0.4 is 0 Å². The van der Waals surface area contributed by atoms with E-state index in [9.17, 15) is 25.2 Å². The molecule has 10 atom stereocenters. The van der Waals surface area contributed by atoms with E-state index in [2.05, 4.69) is 6.92 Å². The zero-order chi connectivity index (χ0) is 19.1. The van der Waals surface area contributed by atoms with Gasteiger partial charge in [0.2, 0.25) is 0 Å². The van der Waals surface area contributed by atoms with E-state index in [4.69, 9.17) is 0 Å². The Morgan fingerprint density at radius 1 is 1.00 bits per heavy atom. The summed E-state index contributed by atoms with van der Waals surface area (Å²) in [4.78, 5) is 12.3. The van der Waals surface area contributed by atoms with Gasteiger partial charge in [0.25, 0.3) is 0 Å². The molecule has 0 aliphatic heterocycles. The van der Waals surface area contributed by atoms with Crippen LogP contribution in [0.15, 0.2) is 12.2 Å². The highest BCUT2D eigenvalue weighted by molar-refractivity contribution is 5.86. The molecule has 0 amide bonds. The molecule has 1 unspecified atom stereocenters. The summed E-state index contributed by atoms with van der Waals surface area (Å²) in [6.45, 7) is 5.60. The molecular weight excluding hydrogens is 332 g/mol. The molecule has 0 heterocycles. The van der Waals surface area contributed by atoms with Crippen LogP contribution in [0.4, 0.5) is 0 Å². The van der Waals surface area contributed by atoms with Gasteiger partial charge in [-0.3, -0.25) is 4.79 Å². The lowest BCUT2D eigenvalue weighted by Gasteiger charge is -2.62. The summed E-state index contributed by atoms with van der Waals surface area (Å²) in [5, 5.41) is 43.2. The van der Waals surface area contributed by atoms with E-state index >= 15 is 0 Å². The fraction of sp³-hybridized carbons (Fsp3) is 0.857. The molecule has 0 saturated heterocycles. The van der Waals surface area contributed by atoms with Crippen LogP contribution in [0.3, 0.4) is 0 Å². The molecule has 3 fully saturated rings. The summed E-state index contributed by atoms with van der Waals surface area (Å²) >= 11 is 0. The van der Waals surface area contributed by atoms with Gasteiger partial charge in [-0.15, -0.1) is 0 Å². The second-order valence-electron chi connectivity index (χ2n) is 9.82. The summed E-state index contributed by atoms with van der Waals surface area (Å²) in [5.74, 6) is -0.300. The summed E-state index contributed by atoms with van der Waals surface area (Å²) in [6.07, 6.45) is 4.68. The number of rotatable bonds is 1. The third-order valence-corrected chi connectivity index (χ3v) is 8.99. The van der Waals surface area contributed by atoms with Crippen molar-refractivity contribution in [1.29, 1.82) is 0 Å². The lowest BCUT2D eigenvalue weighted by atomic mass is 9.44. The molecule has 3 saturated carbocycles. The first kappa shape index (κ1) is 18.6. The predicted molar refractivity (Wildman–Crippen MR) is 96.1 cm³/mol. The van der Waals surface area contributed by atoms with Gasteiger partial charge in [-0.05, 0) is 68.1 Å². The van der Waals surface area contributed by atoms with E-state index < -0.39 is 29.3 Å². The molecule has 5 heteroatoms. The summed E-state index contributed by atoms with van der Waals surface area (Å²) in [6, 6.07) is 0. The first-order valence-electron chi connectivity index (χ1n) is 10.0. The van der Waals surface area contributed by atoms with Crippen LogP contribution in [0.2, 0.25) is 0 Å². The number of aliphatic hydroxyl groups is 4. The molecule has 4 rings (SSSR count). The lowest BCUT2D eigenvalue weighted by molar-refractivity contribution is -0.210. The molecule has 4 aliphatic rings. The fourth-order valence-electron chi connectivity index (χ4n) is 7.40. The summed E-state index contributed by atoms with van der Waals surface area (Å²) < 4.78 is 0. The molecule has 0 bridgehead atoms. The number of aliphatic hydroxyl groups excluding tert-OH is 3. The van der Waals surface area contributed by atoms with Gasteiger partial charge >= 0.3 is 0 Å². The fourth-order valence-corrected chi connectivity index (χ4v) is 7.40. The molecule has 0 aromatic rings. The van der Waals surface area contributed by atoms with Crippen LogP contribution in [0.5, 0.6) is 0 Å². The first-order valence-corrected chi connectivity index (χ1v) is 10.0. The number of allylic oxidation sites excluding steroid dienone is 1. The van der Waals surface area contributed by atoms with Crippen molar-refractivity contribution in [3.63, 3.8) is 0 Å². The van der Waals surface area contributed by atoms with Crippen molar-refractivity contribution in [3.05, 3.63) is 12.2 Å². The Morgan fingerprint density at radius 2 is 1.65 bits per heavy atom. The maximum Gasteiger partial charge on any atom is 0.161 e. The number of fused-ring (bicyclic) bond motifs is 5. The van der Waals surface area contributed by atoms with Crippen molar-refractivity contribution in [2.45, 2.75) is 76.8 Å². The first-order chi connectivity index (χ1) is 12.1. The number of Topliss-reactive ketones (excluding diaryl/α,β-unsaturated/α-hetero) is 1. The molecule has 26 heavy (non-hydrogen) atoms. The van der Waals surface area contributed by atoms with Gasteiger partial charge < -0.3 is 20.4 Å². The molecule has 0 aromatic carbocycles. The van der Waals surface area contributed by atoms with Crippen LogP contribution in [-0.2, 0) is 4.79 Å². The summed E-state index contributed by atoms with van der Waals surface area (Å²) in [5.41, 5.74) is -2.16. The minimum absolute atomic E-state index is 0.0119. The monoisotopic (exact) mass is 364 g/mol. The molecule has 0 radical (unpaired) electrons. The molecule has 4 N–H and O–H groups in total.